The van der Waals surface area contributed by atoms with Crippen LogP contribution in [0, 0.1) is 13.8 Å². The summed E-state index contributed by atoms with van der Waals surface area (Å²) in [6, 6.07) is 16.5. The molecule has 0 saturated heterocycles. The highest BCUT2D eigenvalue weighted by molar-refractivity contribution is 7.98. The van der Waals surface area contributed by atoms with Gasteiger partial charge in [0.25, 0.3) is 0 Å². The molecule has 0 saturated carbocycles. The van der Waals surface area contributed by atoms with Crippen molar-refractivity contribution in [3.8, 4) is 17.1 Å². The number of para-hydroxylation sites is 1. The third-order valence-corrected chi connectivity index (χ3v) is 5.53. The third kappa shape index (κ3) is 3.31. The second-order valence-electron chi connectivity index (χ2n) is 6.75. The minimum absolute atomic E-state index is 0.526. The summed E-state index contributed by atoms with van der Waals surface area (Å²) >= 11 is 1.52. The molecule has 1 N–H and O–H groups in total. The number of aromatic amines is 1. The summed E-state index contributed by atoms with van der Waals surface area (Å²) in [5, 5.41) is 14.8. The van der Waals surface area contributed by atoms with E-state index < -0.39 is 0 Å². The smallest absolute Gasteiger partial charge is 0.237 e. The Bertz CT molecular complexity index is 1300. The molecule has 3 aromatic heterocycles. The summed E-state index contributed by atoms with van der Waals surface area (Å²) in [7, 11) is 0. The van der Waals surface area contributed by atoms with Crippen LogP contribution < -0.4 is 0 Å². The first-order valence-electron chi connectivity index (χ1n) is 9.20. The van der Waals surface area contributed by atoms with Crippen LogP contribution in [-0.2, 0) is 5.75 Å². The molecule has 2 aromatic carbocycles. The fourth-order valence-electron chi connectivity index (χ4n) is 3.32. The van der Waals surface area contributed by atoms with E-state index in [0.29, 0.717) is 17.5 Å². The van der Waals surface area contributed by atoms with Gasteiger partial charge in [-0.1, -0.05) is 47.3 Å². The number of aryl methyl sites for hydroxylation is 2. The van der Waals surface area contributed by atoms with Crippen molar-refractivity contribution < 1.29 is 4.52 Å². The van der Waals surface area contributed by atoms with Crippen molar-refractivity contribution in [2.24, 2.45) is 0 Å². The standard InChI is InChI=1S/C21H18N6OS/c1-13-6-5-7-15(10-13)27-20(17-11-22-18-9-4-3-8-16(17)18)24-25-21(27)29-12-19-23-14(2)26-28-19/h3-11,22H,12H2,1-2H3. The third-order valence-electron chi connectivity index (χ3n) is 4.62. The number of nitrogens with one attached hydrogen (secondary N) is 1. The molecule has 0 aliphatic rings. The van der Waals surface area contributed by atoms with E-state index in [1.165, 1.54) is 17.3 Å². The van der Waals surface area contributed by atoms with Gasteiger partial charge < -0.3 is 9.51 Å². The Hall–Kier alpha value is -3.39. The molecular formula is C21H18N6OS. The molecule has 0 spiro atoms. The number of H-pyrrole nitrogens is 1. The number of nitrogens with zero attached hydrogens (tertiary/aromatic N) is 5. The second-order valence-corrected chi connectivity index (χ2v) is 7.70. The van der Waals surface area contributed by atoms with Crippen molar-refractivity contribution >= 4 is 22.7 Å². The van der Waals surface area contributed by atoms with Crippen molar-refractivity contribution in [3.63, 3.8) is 0 Å². The highest BCUT2D eigenvalue weighted by Gasteiger charge is 2.19. The van der Waals surface area contributed by atoms with Gasteiger partial charge in [0, 0.05) is 28.4 Å². The predicted octanol–water partition coefficient (Wildman–Crippen LogP) is 4.71. The van der Waals surface area contributed by atoms with Gasteiger partial charge in [-0.15, -0.1) is 10.2 Å². The molecule has 0 bridgehead atoms. The van der Waals surface area contributed by atoms with Crippen LogP contribution in [0.1, 0.15) is 17.3 Å². The van der Waals surface area contributed by atoms with Crippen molar-refractivity contribution in [2.45, 2.75) is 24.8 Å². The normalized spacial score (nSPS) is 11.4. The summed E-state index contributed by atoms with van der Waals surface area (Å²) in [6.07, 6.45) is 1.98. The Balaban J connectivity index is 1.62. The zero-order valence-electron chi connectivity index (χ0n) is 16.0. The van der Waals surface area contributed by atoms with E-state index in [2.05, 4.69) is 67.1 Å². The largest absolute Gasteiger partial charge is 0.360 e. The fourth-order valence-corrected chi connectivity index (χ4v) is 4.11. The van der Waals surface area contributed by atoms with Gasteiger partial charge in [-0.2, -0.15) is 4.98 Å². The summed E-state index contributed by atoms with van der Waals surface area (Å²) in [5.41, 5.74) is 4.26. The van der Waals surface area contributed by atoms with Crippen molar-refractivity contribution in [2.75, 3.05) is 0 Å². The average Bonchev–Trinajstić information content (AvgIpc) is 3.43. The average molecular weight is 402 g/mol. The number of hydrogen-bond acceptors (Lipinski definition) is 6. The molecule has 0 unspecified atom stereocenters. The number of fused-ring (bicyclic) bond motifs is 1. The number of benzene rings is 2. The van der Waals surface area contributed by atoms with Gasteiger partial charge >= 0.3 is 0 Å². The molecule has 144 valence electrons. The number of rotatable bonds is 5. The Kier molecular flexibility index (Phi) is 4.40. The lowest BCUT2D eigenvalue weighted by Gasteiger charge is -2.10. The minimum atomic E-state index is 0.526. The first-order chi connectivity index (χ1) is 14.2. The Labute approximate surface area is 171 Å². The summed E-state index contributed by atoms with van der Waals surface area (Å²) in [5.74, 6) is 2.51. The summed E-state index contributed by atoms with van der Waals surface area (Å²) in [4.78, 5) is 7.60. The second kappa shape index (κ2) is 7.21. The zero-order chi connectivity index (χ0) is 19.8. The lowest BCUT2D eigenvalue weighted by Crippen LogP contribution is -2.00. The van der Waals surface area contributed by atoms with Crippen LogP contribution in [0.15, 0.2) is 64.4 Å². The van der Waals surface area contributed by atoms with E-state index in [1.54, 1.807) is 0 Å². The van der Waals surface area contributed by atoms with Crippen molar-refractivity contribution in [1.29, 1.82) is 0 Å². The molecule has 29 heavy (non-hydrogen) atoms. The van der Waals surface area contributed by atoms with Crippen LogP contribution in [0.2, 0.25) is 0 Å². The van der Waals surface area contributed by atoms with Crippen LogP contribution in [0.5, 0.6) is 0 Å². The Morgan fingerprint density at radius 3 is 2.79 bits per heavy atom. The van der Waals surface area contributed by atoms with Gasteiger partial charge in [-0.3, -0.25) is 4.57 Å². The van der Waals surface area contributed by atoms with Crippen LogP contribution in [0.3, 0.4) is 0 Å². The first kappa shape index (κ1) is 17.7. The van der Waals surface area contributed by atoms with Gasteiger partial charge in [0.2, 0.25) is 5.89 Å². The van der Waals surface area contributed by atoms with E-state index in [1.807, 2.05) is 31.3 Å². The Morgan fingerprint density at radius 1 is 1.07 bits per heavy atom. The predicted molar refractivity (Wildman–Crippen MR) is 112 cm³/mol. The number of aromatic nitrogens is 6. The molecule has 0 atom stereocenters. The summed E-state index contributed by atoms with van der Waals surface area (Å²) in [6.45, 7) is 3.88. The van der Waals surface area contributed by atoms with Crippen LogP contribution in [0.4, 0.5) is 0 Å². The molecule has 5 rings (SSSR count). The molecule has 8 heteroatoms. The maximum absolute atomic E-state index is 5.24. The first-order valence-corrected chi connectivity index (χ1v) is 10.2. The monoisotopic (exact) mass is 402 g/mol. The molecule has 0 aliphatic heterocycles. The maximum atomic E-state index is 5.24. The topological polar surface area (TPSA) is 85.4 Å². The van der Waals surface area contributed by atoms with E-state index >= 15 is 0 Å². The zero-order valence-corrected chi connectivity index (χ0v) is 16.8. The van der Waals surface area contributed by atoms with E-state index in [4.69, 9.17) is 4.52 Å². The highest BCUT2D eigenvalue weighted by atomic mass is 32.2. The van der Waals surface area contributed by atoms with Crippen LogP contribution >= 0.6 is 11.8 Å². The van der Waals surface area contributed by atoms with Crippen molar-refractivity contribution in [3.05, 3.63) is 72.0 Å². The lowest BCUT2D eigenvalue weighted by molar-refractivity contribution is 0.387. The fraction of sp³-hybridized carbons (Fsp3) is 0.143. The summed E-state index contributed by atoms with van der Waals surface area (Å²) < 4.78 is 7.32. The van der Waals surface area contributed by atoms with E-state index in [-0.39, 0.29) is 0 Å². The molecular weight excluding hydrogens is 384 g/mol. The van der Waals surface area contributed by atoms with E-state index in [0.717, 1.165) is 33.1 Å². The Morgan fingerprint density at radius 2 is 1.97 bits per heavy atom. The highest BCUT2D eigenvalue weighted by Crippen LogP contribution is 2.33. The molecule has 5 aromatic rings. The quantitative estimate of drug-likeness (QED) is 0.429. The molecule has 7 nitrogen and oxygen atoms in total. The van der Waals surface area contributed by atoms with Gasteiger partial charge in [-0.25, -0.2) is 0 Å². The lowest BCUT2D eigenvalue weighted by atomic mass is 10.1. The van der Waals surface area contributed by atoms with Gasteiger partial charge in [0.05, 0.1) is 5.75 Å². The number of hydrogen-bond donors (Lipinski definition) is 1. The van der Waals surface area contributed by atoms with Crippen molar-refractivity contribution in [1.82, 2.24) is 29.9 Å². The van der Waals surface area contributed by atoms with E-state index in [9.17, 15) is 0 Å². The molecule has 0 amide bonds. The molecule has 0 fully saturated rings. The molecule has 0 aliphatic carbocycles. The number of thioether (sulfide) groups is 1. The molecule has 3 heterocycles. The maximum Gasteiger partial charge on any atom is 0.237 e. The SMILES string of the molecule is Cc1cccc(-n2c(SCc3nc(C)no3)nnc2-c2c[nH]c3ccccc23)c1. The van der Waals surface area contributed by atoms with Gasteiger partial charge in [0.1, 0.15) is 0 Å². The van der Waals surface area contributed by atoms with Gasteiger partial charge in [-0.05, 0) is 37.6 Å². The van der Waals surface area contributed by atoms with Crippen LogP contribution in [0.25, 0.3) is 28.0 Å². The van der Waals surface area contributed by atoms with Crippen LogP contribution in [-0.4, -0.2) is 29.9 Å². The van der Waals surface area contributed by atoms with Gasteiger partial charge in [0.15, 0.2) is 16.8 Å². The minimum Gasteiger partial charge on any atom is -0.360 e. The molecule has 0 radical (unpaired) electrons.